The third-order valence-electron chi connectivity index (χ3n) is 12.9. The Labute approximate surface area is 295 Å². The number of hydrogen-bond donors (Lipinski definition) is 2. The molecule has 1 aliphatic carbocycles. The van der Waals surface area contributed by atoms with Crippen LogP contribution in [0.25, 0.3) is 11.1 Å². The van der Waals surface area contributed by atoms with Crippen LogP contribution in [0.1, 0.15) is 72.9 Å². The van der Waals surface area contributed by atoms with Gasteiger partial charge in [0.1, 0.15) is 5.75 Å². The molecule has 4 heteroatoms. The normalized spacial score (nSPS) is 21.9. The number of aromatic hydroxyl groups is 1. The van der Waals surface area contributed by atoms with Gasteiger partial charge >= 0.3 is 0 Å². The summed E-state index contributed by atoms with van der Waals surface area (Å²) in [6.07, 6.45) is 4.87. The highest BCUT2D eigenvalue weighted by molar-refractivity contribution is 6.73. The number of phenols is 1. The van der Waals surface area contributed by atoms with Gasteiger partial charge in [0, 0.05) is 39.6 Å². The van der Waals surface area contributed by atoms with Gasteiger partial charge in [-0.15, -0.1) is 0 Å². The van der Waals surface area contributed by atoms with Crippen molar-refractivity contribution in [2.45, 2.75) is 62.8 Å². The van der Waals surface area contributed by atoms with Crippen molar-refractivity contribution in [2.75, 3.05) is 10.2 Å². The molecule has 0 aromatic heterocycles. The fraction of sp³-hybridized carbons (Fsp3) is 0.217. The third kappa shape index (κ3) is 3.77. The van der Waals surface area contributed by atoms with Crippen molar-refractivity contribution in [3.05, 3.63) is 161 Å². The second-order valence-electron chi connectivity index (χ2n) is 15.5. The van der Waals surface area contributed by atoms with Crippen LogP contribution in [-0.4, -0.2) is 17.9 Å². The molecule has 0 radical (unpaired) electrons. The fourth-order valence-electron chi connectivity index (χ4n) is 10.4. The minimum absolute atomic E-state index is 0.0124. The molecule has 2 N–H and O–H groups in total. The molecule has 10 rings (SSSR count). The molecule has 2 unspecified atom stereocenters. The number of benzene rings is 6. The third-order valence-corrected chi connectivity index (χ3v) is 12.9. The largest absolute Gasteiger partial charge is 0.508 e. The maximum Gasteiger partial charge on any atom is 0.198 e. The van der Waals surface area contributed by atoms with Gasteiger partial charge in [0.25, 0.3) is 0 Å². The Balaban J connectivity index is 1.26. The van der Waals surface area contributed by atoms with Crippen LogP contribution in [0.2, 0.25) is 0 Å². The maximum absolute atomic E-state index is 11.7. The van der Waals surface area contributed by atoms with E-state index in [1.54, 1.807) is 0 Å². The molecule has 0 saturated heterocycles. The molecule has 1 fully saturated rings. The molecule has 2 atom stereocenters. The standard InChI is InChI=1S/C46H41BN2O/c1-29-25-34(42-37(26-29)44(2)23-12-13-24-45(44,3)48-42)33-27-32(50)28-40-41(33)47-38-21-14-20-36-43(38)49(40)39-22-11-10-19-35(39)46(36,30-15-6-4-7-16-30)31-17-8-5-9-18-31/h4-11,14-22,25-28,47-48,50H,12-13,23-24H2,1-3H3. The minimum Gasteiger partial charge on any atom is -0.508 e. The summed E-state index contributed by atoms with van der Waals surface area (Å²) < 4.78 is 0. The quantitative estimate of drug-likeness (QED) is 0.188. The van der Waals surface area contributed by atoms with Crippen LogP contribution in [0.5, 0.6) is 5.75 Å². The predicted molar refractivity (Wildman–Crippen MR) is 209 cm³/mol. The van der Waals surface area contributed by atoms with Crippen LogP contribution in [-0.2, 0) is 10.8 Å². The lowest BCUT2D eigenvalue weighted by atomic mass is 9.54. The molecule has 244 valence electrons. The Hall–Kier alpha value is -5.22. The number of anilines is 4. The summed E-state index contributed by atoms with van der Waals surface area (Å²) in [6, 6.07) is 46.6. The fourth-order valence-corrected chi connectivity index (χ4v) is 10.4. The summed E-state index contributed by atoms with van der Waals surface area (Å²) in [5, 5.41) is 15.8. The molecule has 0 amide bonds. The molecule has 6 aromatic carbocycles. The number of fused-ring (bicyclic) bond motifs is 7. The predicted octanol–water partition coefficient (Wildman–Crippen LogP) is 9.25. The van der Waals surface area contributed by atoms with Crippen LogP contribution in [0.15, 0.2) is 127 Å². The highest BCUT2D eigenvalue weighted by Gasteiger charge is 2.54. The van der Waals surface area contributed by atoms with Crippen molar-refractivity contribution in [1.29, 1.82) is 0 Å². The molecular weight excluding hydrogens is 607 g/mol. The van der Waals surface area contributed by atoms with E-state index in [9.17, 15) is 5.11 Å². The van der Waals surface area contributed by atoms with E-state index in [0.717, 1.165) is 24.2 Å². The molecule has 3 heterocycles. The highest BCUT2D eigenvalue weighted by atomic mass is 16.3. The zero-order valence-corrected chi connectivity index (χ0v) is 29.1. The van der Waals surface area contributed by atoms with Crippen molar-refractivity contribution in [1.82, 2.24) is 0 Å². The first-order valence-corrected chi connectivity index (χ1v) is 18.3. The molecule has 4 aliphatic rings. The smallest absolute Gasteiger partial charge is 0.198 e. The van der Waals surface area contributed by atoms with E-state index in [-0.39, 0.29) is 11.0 Å². The van der Waals surface area contributed by atoms with E-state index in [0.29, 0.717) is 5.75 Å². The molecule has 0 bridgehead atoms. The summed E-state index contributed by atoms with van der Waals surface area (Å²) in [4.78, 5) is 2.46. The minimum atomic E-state index is -0.513. The lowest BCUT2D eigenvalue weighted by Crippen LogP contribution is -2.50. The van der Waals surface area contributed by atoms with E-state index in [1.165, 1.54) is 86.9 Å². The van der Waals surface area contributed by atoms with Gasteiger partial charge in [-0.3, -0.25) is 0 Å². The van der Waals surface area contributed by atoms with E-state index in [4.69, 9.17) is 0 Å². The van der Waals surface area contributed by atoms with Gasteiger partial charge in [0.05, 0.1) is 11.1 Å². The van der Waals surface area contributed by atoms with E-state index < -0.39 is 5.41 Å². The molecular formula is C46H41BN2O. The summed E-state index contributed by atoms with van der Waals surface area (Å²) in [5.41, 5.74) is 16.9. The zero-order chi connectivity index (χ0) is 33.8. The van der Waals surface area contributed by atoms with Crippen LogP contribution in [0.4, 0.5) is 22.7 Å². The molecule has 3 aliphatic heterocycles. The van der Waals surface area contributed by atoms with Gasteiger partial charge in [-0.2, -0.15) is 0 Å². The number of phenolic OH excluding ortho intramolecular Hbond substituents is 1. The molecule has 50 heavy (non-hydrogen) atoms. The van der Waals surface area contributed by atoms with Gasteiger partial charge in [-0.1, -0.05) is 134 Å². The number of nitrogens with one attached hydrogen (secondary N) is 1. The lowest BCUT2D eigenvalue weighted by molar-refractivity contribution is 0.214. The molecule has 1 saturated carbocycles. The van der Waals surface area contributed by atoms with E-state index >= 15 is 0 Å². The Morgan fingerprint density at radius 1 is 0.660 bits per heavy atom. The van der Waals surface area contributed by atoms with Crippen LogP contribution in [0.3, 0.4) is 0 Å². The maximum atomic E-state index is 11.7. The summed E-state index contributed by atoms with van der Waals surface area (Å²) in [6.45, 7) is 7.13. The number of para-hydroxylation sites is 2. The van der Waals surface area contributed by atoms with E-state index in [2.05, 4.69) is 146 Å². The number of rotatable bonds is 3. The Morgan fingerprint density at radius 2 is 1.34 bits per heavy atom. The lowest BCUT2D eigenvalue weighted by Gasteiger charge is -2.49. The van der Waals surface area contributed by atoms with E-state index in [1.807, 2.05) is 12.1 Å². The molecule has 0 spiro atoms. The Bertz CT molecular complexity index is 2310. The van der Waals surface area contributed by atoms with Crippen LogP contribution in [0, 0.1) is 6.92 Å². The molecule has 3 nitrogen and oxygen atoms in total. The van der Waals surface area contributed by atoms with Crippen molar-refractivity contribution in [3.8, 4) is 16.9 Å². The summed E-state index contributed by atoms with van der Waals surface area (Å²) in [7, 11) is 0.781. The van der Waals surface area contributed by atoms with Crippen molar-refractivity contribution < 1.29 is 5.11 Å². The van der Waals surface area contributed by atoms with Gasteiger partial charge in [-0.05, 0) is 83.7 Å². The summed E-state index contributed by atoms with van der Waals surface area (Å²) in [5.74, 6) is 0.295. The van der Waals surface area contributed by atoms with Crippen LogP contribution < -0.4 is 21.1 Å². The molecule has 6 aromatic rings. The number of hydrogen-bond acceptors (Lipinski definition) is 3. The van der Waals surface area contributed by atoms with Gasteiger partial charge < -0.3 is 15.3 Å². The summed E-state index contributed by atoms with van der Waals surface area (Å²) >= 11 is 0. The topological polar surface area (TPSA) is 35.5 Å². The van der Waals surface area contributed by atoms with Crippen LogP contribution >= 0.6 is 0 Å². The first-order chi connectivity index (χ1) is 24.3. The van der Waals surface area contributed by atoms with Gasteiger partial charge in [0.15, 0.2) is 7.28 Å². The second-order valence-corrected chi connectivity index (χ2v) is 15.5. The number of nitrogens with zero attached hydrogens (tertiary/aromatic N) is 1. The SMILES string of the molecule is Cc1cc(-c2cc(O)cc3c2Bc2cccc4c2N3c2ccccc2C4(c2ccccc2)c2ccccc2)c2c(c1)C1(C)CCCCC1(C)N2. The van der Waals surface area contributed by atoms with Crippen molar-refractivity contribution >= 4 is 41.0 Å². The van der Waals surface area contributed by atoms with Gasteiger partial charge in [0.2, 0.25) is 0 Å². The van der Waals surface area contributed by atoms with Gasteiger partial charge in [-0.25, -0.2) is 0 Å². The first-order valence-electron chi connectivity index (χ1n) is 18.3. The van der Waals surface area contributed by atoms with Crippen molar-refractivity contribution in [2.24, 2.45) is 0 Å². The number of aryl methyl sites for hydroxylation is 1. The average Bonchev–Trinajstić information content (AvgIpc) is 3.38. The Morgan fingerprint density at radius 3 is 2.10 bits per heavy atom. The highest BCUT2D eigenvalue weighted by Crippen LogP contribution is 2.60. The zero-order valence-electron chi connectivity index (χ0n) is 29.1. The van der Waals surface area contributed by atoms with Crippen molar-refractivity contribution in [3.63, 3.8) is 0 Å². The second kappa shape index (κ2) is 10.4. The first kappa shape index (κ1) is 29.7. The Kier molecular flexibility index (Phi) is 6.17. The average molecular weight is 649 g/mol. The monoisotopic (exact) mass is 648 g/mol.